The van der Waals surface area contributed by atoms with Crippen molar-refractivity contribution < 1.29 is 18.3 Å². The summed E-state index contributed by atoms with van der Waals surface area (Å²) in [6.07, 6.45) is 0. The molecule has 1 rings (SSSR count). The van der Waals surface area contributed by atoms with Crippen molar-refractivity contribution in [2.45, 2.75) is 31.7 Å². The fraction of sp³-hybridized carbons (Fsp3) is 0.364. The minimum Gasteiger partial charge on any atom is -0.478 e. The van der Waals surface area contributed by atoms with Gasteiger partial charge >= 0.3 is 5.97 Å². The third kappa shape index (κ3) is 3.22. The maximum absolute atomic E-state index is 12.0. The molecule has 1 aromatic carbocycles. The van der Waals surface area contributed by atoms with Crippen LogP contribution in [0.3, 0.4) is 0 Å². The summed E-state index contributed by atoms with van der Waals surface area (Å²) in [6, 6.07) is 2.18. The largest absolute Gasteiger partial charge is 0.478 e. The van der Waals surface area contributed by atoms with Gasteiger partial charge in [0.05, 0.1) is 10.5 Å². The third-order valence-electron chi connectivity index (χ3n) is 2.24. The van der Waals surface area contributed by atoms with Gasteiger partial charge < -0.3 is 5.11 Å². The first kappa shape index (κ1) is 14.9. The Morgan fingerprint density at radius 2 is 1.94 bits per heavy atom. The van der Waals surface area contributed by atoms with Gasteiger partial charge in [-0.25, -0.2) is 17.9 Å². The highest BCUT2D eigenvalue weighted by Gasteiger charge is 2.22. The Morgan fingerprint density at radius 3 is 2.39 bits per heavy atom. The van der Waals surface area contributed by atoms with Crippen molar-refractivity contribution in [1.29, 1.82) is 0 Å². The molecule has 0 fully saturated rings. The number of hydrogen-bond acceptors (Lipinski definition) is 3. The van der Waals surface area contributed by atoms with E-state index >= 15 is 0 Å². The van der Waals surface area contributed by atoms with E-state index in [-0.39, 0.29) is 27.1 Å². The number of carbonyl (C=O) groups is 1. The van der Waals surface area contributed by atoms with Gasteiger partial charge in [0.2, 0.25) is 10.0 Å². The molecule has 2 N–H and O–H groups in total. The standard InChI is InChI=1S/C11H14ClNO4S/c1-6(2)13-18(16,17)10-5-8(12)4-9(7(10)3)11(14)15/h4-6,13H,1-3H3,(H,14,15). The van der Waals surface area contributed by atoms with Crippen molar-refractivity contribution in [2.24, 2.45) is 0 Å². The molecule has 0 aliphatic carbocycles. The molecule has 7 heteroatoms. The van der Waals surface area contributed by atoms with Crippen LogP contribution in [0.4, 0.5) is 0 Å². The van der Waals surface area contributed by atoms with Crippen LogP contribution in [-0.2, 0) is 10.0 Å². The average Bonchev–Trinajstić information content (AvgIpc) is 2.18. The second-order valence-electron chi connectivity index (χ2n) is 4.16. The maximum Gasteiger partial charge on any atom is 0.336 e. The second-order valence-corrected chi connectivity index (χ2v) is 6.28. The van der Waals surface area contributed by atoms with Crippen LogP contribution in [0.5, 0.6) is 0 Å². The summed E-state index contributed by atoms with van der Waals surface area (Å²) in [6.45, 7) is 4.79. The Balaban J connectivity index is 3.47. The minimum absolute atomic E-state index is 0.0714. The van der Waals surface area contributed by atoms with Crippen molar-refractivity contribution in [3.05, 3.63) is 28.3 Å². The molecule has 0 saturated carbocycles. The lowest BCUT2D eigenvalue weighted by atomic mass is 10.1. The van der Waals surface area contributed by atoms with E-state index in [9.17, 15) is 13.2 Å². The summed E-state index contributed by atoms with van der Waals surface area (Å²) in [5.74, 6) is -1.21. The molecule has 0 atom stereocenters. The van der Waals surface area contributed by atoms with Crippen molar-refractivity contribution in [3.8, 4) is 0 Å². The van der Waals surface area contributed by atoms with Crippen molar-refractivity contribution in [2.75, 3.05) is 0 Å². The summed E-state index contributed by atoms with van der Waals surface area (Å²) < 4.78 is 26.4. The first-order valence-electron chi connectivity index (χ1n) is 5.21. The number of carboxylic acid groups (broad SMARTS) is 1. The van der Waals surface area contributed by atoms with Crippen LogP contribution in [0.15, 0.2) is 17.0 Å². The zero-order chi connectivity index (χ0) is 14.1. The molecule has 0 aromatic heterocycles. The van der Waals surface area contributed by atoms with Crippen LogP contribution in [0, 0.1) is 6.92 Å². The molecule has 0 heterocycles. The third-order valence-corrected chi connectivity index (χ3v) is 4.24. The molecular weight excluding hydrogens is 278 g/mol. The number of nitrogens with one attached hydrogen (secondary N) is 1. The Morgan fingerprint density at radius 1 is 1.39 bits per heavy atom. The number of rotatable bonds is 4. The predicted octanol–water partition coefficient (Wildman–Crippen LogP) is 2.03. The number of hydrogen-bond donors (Lipinski definition) is 2. The quantitative estimate of drug-likeness (QED) is 0.889. The van der Waals surface area contributed by atoms with Crippen LogP contribution >= 0.6 is 11.6 Å². The molecular formula is C11H14ClNO4S. The first-order chi connectivity index (χ1) is 8.15. The normalized spacial score (nSPS) is 11.8. The van der Waals surface area contributed by atoms with Gasteiger partial charge in [0.15, 0.2) is 0 Å². The second kappa shape index (κ2) is 5.26. The van der Waals surface area contributed by atoms with Crippen LogP contribution in [0.1, 0.15) is 29.8 Å². The summed E-state index contributed by atoms with van der Waals surface area (Å²) >= 11 is 5.75. The maximum atomic E-state index is 12.0. The smallest absolute Gasteiger partial charge is 0.336 e. The van der Waals surface area contributed by atoms with Crippen LogP contribution in [-0.4, -0.2) is 25.5 Å². The summed E-state index contributed by atoms with van der Waals surface area (Å²) in [4.78, 5) is 10.9. The van der Waals surface area contributed by atoms with E-state index in [1.807, 2.05) is 0 Å². The van der Waals surface area contributed by atoms with Crippen molar-refractivity contribution in [3.63, 3.8) is 0 Å². The van der Waals surface area contributed by atoms with E-state index in [0.717, 1.165) is 0 Å². The summed E-state index contributed by atoms with van der Waals surface area (Å²) in [5, 5.41) is 9.06. The monoisotopic (exact) mass is 291 g/mol. The lowest BCUT2D eigenvalue weighted by molar-refractivity contribution is 0.0696. The fourth-order valence-corrected chi connectivity index (χ4v) is 3.35. The van der Waals surface area contributed by atoms with E-state index in [0.29, 0.717) is 0 Å². The lowest BCUT2D eigenvalue weighted by Crippen LogP contribution is -2.31. The van der Waals surface area contributed by atoms with Crippen molar-refractivity contribution in [1.82, 2.24) is 4.72 Å². The molecule has 0 amide bonds. The Bertz CT molecular complexity index is 581. The Kier molecular flexibility index (Phi) is 4.37. The summed E-state index contributed by atoms with van der Waals surface area (Å²) in [7, 11) is -3.77. The minimum atomic E-state index is -3.77. The molecule has 0 unspecified atom stereocenters. The zero-order valence-electron chi connectivity index (χ0n) is 10.2. The van der Waals surface area contributed by atoms with Gasteiger partial charge in [-0.1, -0.05) is 11.6 Å². The highest BCUT2D eigenvalue weighted by Crippen LogP contribution is 2.24. The van der Waals surface area contributed by atoms with Gasteiger partial charge in [-0.2, -0.15) is 0 Å². The predicted molar refractivity (Wildman–Crippen MR) is 68.6 cm³/mol. The molecule has 0 saturated heterocycles. The topological polar surface area (TPSA) is 83.5 Å². The van der Waals surface area contributed by atoms with Gasteiger partial charge in [-0.05, 0) is 38.5 Å². The number of halogens is 1. The first-order valence-corrected chi connectivity index (χ1v) is 7.07. The molecule has 1 aromatic rings. The lowest BCUT2D eigenvalue weighted by Gasteiger charge is -2.13. The van der Waals surface area contributed by atoms with Crippen LogP contribution in [0.2, 0.25) is 5.02 Å². The molecule has 18 heavy (non-hydrogen) atoms. The number of benzene rings is 1. The van der Waals surface area contributed by atoms with E-state index in [4.69, 9.17) is 16.7 Å². The van der Waals surface area contributed by atoms with Gasteiger partial charge in [0.25, 0.3) is 0 Å². The van der Waals surface area contributed by atoms with Gasteiger partial charge in [0, 0.05) is 11.1 Å². The van der Waals surface area contributed by atoms with E-state index < -0.39 is 16.0 Å². The molecule has 5 nitrogen and oxygen atoms in total. The molecule has 0 bridgehead atoms. The average molecular weight is 292 g/mol. The van der Waals surface area contributed by atoms with Crippen molar-refractivity contribution >= 4 is 27.6 Å². The van der Waals surface area contributed by atoms with E-state index in [2.05, 4.69) is 4.72 Å². The zero-order valence-corrected chi connectivity index (χ0v) is 11.8. The van der Waals surface area contributed by atoms with Gasteiger partial charge in [0.1, 0.15) is 0 Å². The van der Waals surface area contributed by atoms with Gasteiger partial charge in [-0.15, -0.1) is 0 Å². The van der Waals surface area contributed by atoms with E-state index in [1.54, 1.807) is 13.8 Å². The number of sulfonamides is 1. The van der Waals surface area contributed by atoms with Crippen LogP contribution < -0.4 is 4.72 Å². The number of aromatic carboxylic acids is 1. The van der Waals surface area contributed by atoms with E-state index in [1.165, 1.54) is 19.1 Å². The van der Waals surface area contributed by atoms with Crippen LogP contribution in [0.25, 0.3) is 0 Å². The SMILES string of the molecule is Cc1c(C(=O)O)cc(Cl)cc1S(=O)(=O)NC(C)C. The highest BCUT2D eigenvalue weighted by molar-refractivity contribution is 7.89. The fourth-order valence-electron chi connectivity index (χ4n) is 1.53. The summed E-state index contributed by atoms with van der Waals surface area (Å²) in [5.41, 5.74) is 0.0479. The molecule has 0 spiro atoms. The highest BCUT2D eigenvalue weighted by atomic mass is 35.5. The van der Waals surface area contributed by atoms with Gasteiger partial charge in [-0.3, -0.25) is 0 Å². The Hall–Kier alpha value is -1.11. The molecule has 0 aliphatic rings. The number of carboxylic acids is 1. The Labute approximate surface area is 111 Å². The molecule has 100 valence electrons. The molecule has 0 radical (unpaired) electrons. The molecule has 0 aliphatic heterocycles.